The summed E-state index contributed by atoms with van der Waals surface area (Å²) < 4.78 is 91.3. The van der Waals surface area contributed by atoms with Crippen molar-refractivity contribution in [2.24, 2.45) is 16.0 Å². The molecule has 0 aliphatic rings. The Morgan fingerprint density at radius 3 is 2.13 bits per heavy atom. The maximum absolute atomic E-state index is 13.6. The van der Waals surface area contributed by atoms with Crippen LogP contribution in [0.5, 0.6) is 0 Å². The molecule has 0 spiro atoms. The normalized spacial score (nSPS) is 11.4. The van der Waals surface area contributed by atoms with Gasteiger partial charge < -0.3 is 16.4 Å². The Morgan fingerprint density at radius 1 is 0.947 bits per heavy atom. The number of anilines is 3. The van der Waals surface area contributed by atoms with Crippen molar-refractivity contribution in [1.29, 1.82) is 0 Å². The zero-order valence-electron chi connectivity index (χ0n) is 19.2. The van der Waals surface area contributed by atoms with E-state index in [4.69, 9.17) is 21.9 Å². The summed E-state index contributed by atoms with van der Waals surface area (Å²) in [6, 6.07) is 4.71. The number of urea groups is 1. The van der Waals surface area contributed by atoms with Crippen molar-refractivity contribution in [1.82, 2.24) is 9.97 Å². The molecule has 3 aromatic rings. The van der Waals surface area contributed by atoms with Gasteiger partial charge in [-0.1, -0.05) is 11.6 Å². The molecule has 2 amide bonds. The number of amides is 2. The number of benzene rings is 2. The minimum absolute atomic E-state index is 0. The third kappa shape index (κ3) is 8.85. The van der Waals surface area contributed by atoms with Gasteiger partial charge in [0.1, 0.15) is 21.3 Å². The second kappa shape index (κ2) is 13.5. The number of nitrogens with two attached hydrogens (primary N) is 1. The average Bonchev–Trinajstić information content (AvgIpc) is 2.75. The first kappa shape index (κ1) is 34.2. The predicted molar refractivity (Wildman–Crippen MR) is 120 cm³/mol. The number of primary amides is 1. The molecule has 3 rings (SSSR count). The van der Waals surface area contributed by atoms with E-state index >= 15 is 0 Å². The van der Waals surface area contributed by atoms with Crippen LogP contribution in [0.15, 0.2) is 56.4 Å². The Kier molecular flexibility index (Phi) is 12.1. The van der Waals surface area contributed by atoms with Gasteiger partial charge in [-0.15, -0.1) is 10.2 Å². The molecule has 21 heteroatoms. The summed E-state index contributed by atoms with van der Waals surface area (Å²) in [6.45, 7) is 0. The monoisotopic (exact) mass is 609 g/mol. The largest absolute Gasteiger partial charge is 1.00 e. The number of carbonyl (C=O) groups is 1. The maximum Gasteiger partial charge on any atom is 1.00 e. The van der Waals surface area contributed by atoms with E-state index < -0.39 is 64.6 Å². The number of hydrogen-bond acceptors (Lipinski definition) is 10. The summed E-state index contributed by atoms with van der Waals surface area (Å²) in [7, 11) is -9.83. The molecule has 0 aliphatic heterocycles. The molecule has 0 fully saturated rings. The quantitative estimate of drug-likeness (QED) is 0.0625. The molecule has 2 aromatic carbocycles. The Hall–Kier alpha value is -1.84. The second-order valence-electron chi connectivity index (χ2n) is 6.57. The molecule has 0 bridgehead atoms. The van der Waals surface area contributed by atoms with Gasteiger partial charge in [0.15, 0.2) is 5.82 Å². The third-order valence-corrected chi connectivity index (χ3v) is 6.14. The Balaban J connectivity index is 0.00000361. The first-order valence-electron chi connectivity index (χ1n) is 9.02. The molecule has 0 aliphatic carbocycles. The molecular weight excluding hydrogens is 598 g/mol. The van der Waals surface area contributed by atoms with Crippen LogP contribution in [-0.2, 0) is 20.2 Å². The molecule has 1 aromatic heterocycles. The molecule has 0 saturated heterocycles. The number of carbonyl (C=O) groups excluding carboxylic acids is 1. The van der Waals surface area contributed by atoms with Crippen molar-refractivity contribution >= 4 is 66.4 Å². The summed E-state index contributed by atoms with van der Waals surface area (Å²) in [5.74, 6) is -1.78. The summed E-state index contributed by atoms with van der Waals surface area (Å²) in [5, 5.41) is 11.5. The van der Waals surface area contributed by atoms with Gasteiger partial charge in [0, 0.05) is 5.69 Å². The summed E-state index contributed by atoms with van der Waals surface area (Å²) >= 11 is 5.70. The van der Waals surface area contributed by atoms with Crippen LogP contribution < -0.4 is 75.5 Å². The summed E-state index contributed by atoms with van der Waals surface area (Å²) in [5.41, 5.74) is 4.41. The fourth-order valence-electron chi connectivity index (χ4n) is 2.60. The molecule has 0 radical (unpaired) electrons. The van der Waals surface area contributed by atoms with E-state index in [2.05, 4.69) is 30.8 Å². The number of halogens is 3. The van der Waals surface area contributed by atoms with Crippen molar-refractivity contribution in [3.63, 3.8) is 0 Å². The Morgan fingerprint density at radius 2 is 1.55 bits per heavy atom. The van der Waals surface area contributed by atoms with Crippen molar-refractivity contribution in [2.45, 2.75) is 9.79 Å². The van der Waals surface area contributed by atoms with Crippen LogP contribution in [0.4, 0.5) is 42.1 Å². The van der Waals surface area contributed by atoms with Crippen LogP contribution in [0.2, 0.25) is 5.02 Å². The van der Waals surface area contributed by atoms with Crippen LogP contribution in [-0.4, -0.2) is 41.9 Å². The van der Waals surface area contributed by atoms with E-state index in [1.807, 2.05) is 0 Å². The van der Waals surface area contributed by atoms with Gasteiger partial charge in [0.2, 0.25) is 5.95 Å². The fourth-order valence-corrected chi connectivity index (χ4v) is 3.96. The van der Waals surface area contributed by atoms with Crippen molar-refractivity contribution in [3.05, 3.63) is 53.4 Å². The second-order valence-corrected chi connectivity index (χ2v) is 9.76. The van der Waals surface area contributed by atoms with E-state index in [1.165, 1.54) is 18.2 Å². The van der Waals surface area contributed by atoms with Crippen molar-refractivity contribution in [3.8, 4) is 0 Å². The predicted octanol–water partition coefficient (Wildman–Crippen LogP) is -2.44. The standard InChI is InChI=1S/C17H12ClF2N7O7S2.2Na/c18-13-14(19)24-16(20)25-15(13)22-7-1-3-9(11(5-7)23-17(21)28)26-27-10-4-2-8(35(29,30)31)6-12(10)36(32,33)34;;/h1-6H,(H3,21,23,28)(H,22,24,25)(H,29,30,31)(H,32,33,34);;/q;2*+1. The minimum atomic E-state index is -5.02. The van der Waals surface area contributed by atoms with Crippen molar-refractivity contribution < 1.29 is 98.6 Å². The van der Waals surface area contributed by atoms with Gasteiger partial charge >= 0.3 is 71.2 Å². The SMILES string of the molecule is NC(=O)Nc1cc(Nc2nc(F)nc(F)c2Cl)ccc1N=Nc1ccc(S(=O)(=O)O)cc1S(=O)(=O)O.[Na+].[Na+]. The Labute approximate surface area is 262 Å². The van der Waals surface area contributed by atoms with Crippen LogP contribution in [0.3, 0.4) is 0 Å². The van der Waals surface area contributed by atoms with Crippen LogP contribution in [0, 0.1) is 12.0 Å². The van der Waals surface area contributed by atoms with Gasteiger partial charge in [-0.2, -0.15) is 35.6 Å². The van der Waals surface area contributed by atoms with E-state index in [9.17, 15) is 35.0 Å². The fraction of sp³-hybridized carbons (Fsp3) is 0. The molecule has 190 valence electrons. The number of nitrogens with one attached hydrogen (secondary N) is 2. The van der Waals surface area contributed by atoms with E-state index in [0.29, 0.717) is 6.07 Å². The molecule has 1 heterocycles. The molecule has 0 unspecified atom stereocenters. The summed E-state index contributed by atoms with van der Waals surface area (Å²) in [4.78, 5) is 15.7. The smallest absolute Gasteiger partial charge is 0.351 e. The average molecular weight is 610 g/mol. The van der Waals surface area contributed by atoms with Gasteiger partial charge in [0.05, 0.1) is 10.6 Å². The van der Waals surface area contributed by atoms with Crippen LogP contribution in [0.25, 0.3) is 0 Å². The topological polar surface area (TPSA) is 226 Å². The molecule has 38 heavy (non-hydrogen) atoms. The van der Waals surface area contributed by atoms with E-state index in [0.717, 1.165) is 12.1 Å². The van der Waals surface area contributed by atoms with E-state index in [-0.39, 0.29) is 76.2 Å². The van der Waals surface area contributed by atoms with Crippen molar-refractivity contribution in [2.75, 3.05) is 10.6 Å². The maximum atomic E-state index is 13.6. The van der Waals surface area contributed by atoms with Gasteiger partial charge in [0.25, 0.3) is 20.2 Å². The molecule has 14 nitrogen and oxygen atoms in total. The first-order valence-corrected chi connectivity index (χ1v) is 12.3. The van der Waals surface area contributed by atoms with Crippen LogP contribution >= 0.6 is 11.6 Å². The first-order chi connectivity index (χ1) is 16.6. The Bertz CT molecular complexity index is 1630. The van der Waals surface area contributed by atoms with Gasteiger partial charge in [-0.3, -0.25) is 9.11 Å². The molecule has 0 saturated carbocycles. The summed E-state index contributed by atoms with van der Waals surface area (Å²) in [6.07, 6.45) is -1.41. The van der Waals surface area contributed by atoms with Gasteiger partial charge in [-0.25, -0.2) is 4.79 Å². The number of rotatable bonds is 7. The number of nitrogens with zero attached hydrogens (tertiary/aromatic N) is 4. The van der Waals surface area contributed by atoms with Gasteiger partial charge in [-0.05, 0) is 36.4 Å². The molecular formula is C17H12ClF2N7Na2O7S2+2. The molecule has 0 atom stereocenters. The number of azo groups is 1. The van der Waals surface area contributed by atoms with E-state index in [1.54, 1.807) is 0 Å². The van der Waals surface area contributed by atoms with Crippen LogP contribution in [0.1, 0.15) is 0 Å². The molecule has 6 N–H and O–H groups in total. The number of hydrogen-bond donors (Lipinski definition) is 5. The third-order valence-electron chi connectivity index (χ3n) is 4.07. The zero-order valence-corrected chi connectivity index (χ0v) is 25.6. The minimum Gasteiger partial charge on any atom is -0.351 e. The zero-order chi connectivity index (χ0) is 26.8. The number of aromatic nitrogens is 2.